The molecule has 1 unspecified atom stereocenters. The van der Waals surface area contributed by atoms with Gasteiger partial charge in [0.25, 0.3) is 5.91 Å². The average molecular weight is 278 g/mol. The Labute approximate surface area is 116 Å². The van der Waals surface area contributed by atoms with E-state index >= 15 is 0 Å². The molecule has 2 heterocycles. The molecular weight excluding hydrogens is 260 g/mol. The third-order valence-electron chi connectivity index (χ3n) is 2.72. The second-order valence-electron chi connectivity index (χ2n) is 4.57. The summed E-state index contributed by atoms with van der Waals surface area (Å²) in [5.74, 6) is 0.764. The first-order valence-electron chi connectivity index (χ1n) is 6.42. The molecule has 2 rings (SSSR count). The summed E-state index contributed by atoms with van der Waals surface area (Å²) in [7, 11) is 0. The van der Waals surface area contributed by atoms with Crippen molar-refractivity contribution in [3.8, 4) is 0 Å². The zero-order valence-electron chi connectivity index (χ0n) is 11.1. The van der Waals surface area contributed by atoms with Crippen LogP contribution in [0.3, 0.4) is 0 Å². The average Bonchev–Trinajstić information content (AvgIpc) is 3.00. The standard InChI is InChI=1S/C13H18N4OS/c1-3-4-11-15-12(17-16-11)13(18)14-9(2)7-10-5-6-19-8-10/h5-6,8-9H,3-4,7H2,1-2H3,(H,14,18)(H,15,16,17). The molecule has 0 radical (unpaired) electrons. The molecule has 5 nitrogen and oxygen atoms in total. The lowest BCUT2D eigenvalue weighted by molar-refractivity contribution is 0.0930. The molecule has 0 spiro atoms. The molecule has 0 aliphatic carbocycles. The predicted octanol–water partition coefficient (Wildman–Crippen LogP) is 2.18. The number of carbonyl (C=O) groups is 1. The Bertz CT molecular complexity index is 520. The van der Waals surface area contributed by atoms with Gasteiger partial charge in [-0.2, -0.15) is 11.3 Å². The molecule has 2 aromatic heterocycles. The van der Waals surface area contributed by atoms with E-state index in [-0.39, 0.29) is 17.8 Å². The van der Waals surface area contributed by atoms with Crippen molar-refractivity contribution in [2.24, 2.45) is 0 Å². The lowest BCUT2D eigenvalue weighted by Gasteiger charge is -2.11. The number of aryl methyl sites for hydroxylation is 1. The first kappa shape index (κ1) is 13.7. The fraction of sp³-hybridized carbons (Fsp3) is 0.462. The zero-order chi connectivity index (χ0) is 13.7. The van der Waals surface area contributed by atoms with E-state index in [2.05, 4.69) is 38.9 Å². The largest absolute Gasteiger partial charge is 0.346 e. The number of nitrogens with zero attached hydrogens (tertiary/aromatic N) is 2. The number of nitrogens with one attached hydrogen (secondary N) is 2. The highest BCUT2D eigenvalue weighted by Crippen LogP contribution is 2.08. The summed E-state index contributed by atoms with van der Waals surface area (Å²) in [6, 6.07) is 2.13. The van der Waals surface area contributed by atoms with E-state index in [9.17, 15) is 4.79 Å². The fourth-order valence-corrected chi connectivity index (χ4v) is 2.53. The monoisotopic (exact) mass is 278 g/mol. The second-order valence-corrected chi connectivity index (χ2v) is 5.35. The van der Waals surface area contributed by atoms with Crippen molar-refractivity contribution < 1.29 is 4.79 Å². The van der Waals surface area contributed by atoms with Gasteiger partial charge in [0.2, 0.25) is 5.82 Å². The molecule has 19 heavy (non-hydrogen) atoms. The summed E-state index contributed by atoms with van der Waals surface area (Å²) in [5, 5.41) is 13.8. The molecule has 102 valence electrons. The van der Waals surface area contributed by atoms with Gasteiger partial charge in [-0.25, -0.2) is 4.98 Å². The summed E-state index contributed by atoms with van der Waals surface area (Å²) in [5.41, 5.74) is 1.24. The molecule has 6 heteroatoms. The Kier molecular flexibility index (Phi) is 4.68. The van der Waals surface area contributed by atoms with E-state index in [1.54, 1.807) is 11.3 Å². The van der Waals surface area contributed by atoms with Crippen LogP contribution in [-0.2, 0) is 12.8 Å². The van der Waals surface area contributed by atoms with Gasteiger partial charge >= 0.3 is 0 Å². The van der Waals surface area contributed by atoms with Gasteiger partial charge < -0.3 is 5.32 Å². The summed E-state index contributed by atoms with van der Waals surface area (Å²) in [4.78, 5) is 16.1. The van der Waals surface area contributed by atoms with Gasteiger partial charge in [0.05, 0.1) is 0 Å². The number of carbonyl (C=O) groups excluding carboxylic acids is 1. The van der Waals surface area contributed by atoms with Crippen LogP contribution in [0.25, 0.3) is 0 Å². The molecule has 0 aromatic carbocycles. The molecule has 0 aliphatic heterocycles. The number of aromatic nitrogens is 3. The molecule has 2 aromatic rings. The van der Waals surface area contributed by atoms with E-state index < -0.39 is 0 Å². The molecule has 0 bridgehead atoms. The molecule has 0 fully saturated rings. The van der Waals surface area contributed by atoms with E-state index in [4.69, 9.17) is 0 Å². The van der Waals surface area contributed by atoms with Crippen LogP contribution in [0, 0.1) is 0 Å². The Morgan fingerprint density at radius 3 is 3.11 bits per heavy atom. The number of hydrogen-bond donors (Lipinski definition) is 2. The van der Waals surface area contributed by atoms with Crippen molar-refractivity contribution in [2.45, 2.75) is 39.2 Å². The van der Waals surface area contributed by atoms with E-state index in [1.165, 1.54) is 5.56 Å². The smallest absolute Gasteiger partial charge is 0.291 e. The van der Waals surface area contributed by atoms with Crippen LogP contribution < -0.4 is 5.32 Å². The van der Waals surface area contributed by atoms with E-state index in [0.29, 0.717) is 0 Å². The van der Waals surface area contributed by atoms with Crippen molar-refractivity contribution >= 4 is 17.2 Å². The minimum Gasteiger partial charge on any atom is -0.346 e. The fourth-order valence-electron chi connectivity index (χ4n) is 1.85. The normalized spacial score (nSPS) is 12.3. The van der Waals surface area contributed by atoms with Gasteiger partial charge in [0.1, 0.15) is 5.82 Å². The van der Waals surface area contributed by atoms with Crippen molar-refractivity contribution in [3.63, 3.8) is 0 Å². The van der Waals surface area contributed by atoms with Crippen molar-refractivity contribution in [1.82, 2.24) is 20.5 Å². The third kappa shape index (κ3) is 3.89. The maximum Gasteiger partial charge on any atom is 0.291 e. The zero-order valence-corrected chi connectivity index (χ0v) is 12.0. The van der Waals surface area contributed by atoms with Gasteiger partial charge in [-0.1, -0.05) is 6.92 Å². The van der Waals surface area contributed by atoms with E-state index in [0.717, 1.165) is 25.1 Å². The van der Waals surface area contributed by atoms with Crippen LogP contribution in [0.4, 0.5) is 0 Å². The first-order chi connectivity index (χ1) is 9.19. The minimum absolute atomic E-state index is 0.0650. The van der Waals surface area contributed by atoms with Gasteiger partial charge in [-0.05, 0) is 42.2 Å². The number of rotatable bonds is 6. The van der Waals surface area contributed by atoms with Crippen molar-refractivity contribution in [2.75, 3.05) is 0 Å². The highest BCUT2D eigenvalue weighted by molar-refractivity contribution is 7.07. The van der Waals surface area contributed by atoms with Crippen LogP contribution in [0.15, 0.2) is 16.8 Å². The van der Waals surface area contributed by atoms with Gasteiger partial charge in [-0.15, -0.1) is 5.10 Å². The van der Waals surface area contributed by atoms with Crippen LogP contribution in [0.1, 0.15) is 42.3 Å². The van der Waals surface area contributed by atoms with Gasteiger partial charge in [-0.3, -0.25) is 9.89 Å². The van der Waals surface area contributed by atoms with Gasteiger partial charge in [0.15, 0.2) is 0 Å². The lowest BCUT2D eigenvalue weighted by atomic mass is 10.1. The number of thiophene rings is 1. The number of aromatic amines is 1. The first-order valence-corrected chi connectivity index (χ1v) is 7.36. The van der Waals surface area contributed by atoms with Crippen LogP contribution in [-0.4, -0.2) is 27.1 Å². The third-order valence-corrected chi connectivity index (χ3v) is 3.45. The van der Waals surface area contributed by atoms with Gasteiger partial charge in [0, 0.05) is 12.5 Å². The molecule has 1 atom stereocenters. The highest BCUT2D eigenvalue weighted by Gasteiger charge is 2.15. The van der Waals surface area contributed by atoms with Crippen molar-refractivity contribution in [3.05, 3.63) is 34.0 Å². The summed E-state index contributed by atoms with van der Waals surface area (Å²) >= 11 is 1.66. The minimum atomic E-state index is -0.221. The number of H-pyrrole nitrogens is 1. The Morgan fingerprint density at radius 1 is 1.58 bits per heavy atom. The molecule has 0 saturated heterocycles. The molecule has 0 saturated carbocycles. The molecular formula is C13H18N4OS. The SMILES string of the molecule is CCCc1nc(C(=O)NC(C)Cc2ccsc2)n[nH]1. The van der Waals surface area contributed by atoms with Crippen molar-refractivity contribution in [1.29, 1.82) is 0 Å². The maximum absolute atomic E-state index is 11.9. The van der Waals surface area contributed by atoms with E-state index in [1.807, 2.05) is 12.3 Å². The quantitative estimate of drug-likeness (QED) is 0.850. The highest BCUT2D eigenvalue weighted by atomic mass is 32.1. The summed E-state index contributed by atoms with van der Waals surface area (Å²) < 4.78 is 0. The lowest BCUT2D eigenvalue weighted by Crippen LogP contribution is -2.34. The summed E-state index contributed by atoms with van der Waals surface area (Å²) in [6.45, 7) is 4.04. The van der Waals surface area contributed by atoms with Crippen LogP contribution in [0.2, 0.25) is 0 Å². The molecule has 1 amide bonds. The number of hydrogen-bond acceptors (Lipinski definition) is 4. The Morgan fingerprint density at radius 2 is 2.42 bits per heavy atom. The Balaban J connectivity index is 1.88. The second kappa shape index (κ2) is 6.47. The van der Waals surface area contributed by atoms with Crippen LogP contribution >= 0.6 is 11.3 Å². The predicted molar refractivity (Wildman–Crippen MR) is 75.3 cm³/mol. The maximum atomic E-state index is 11.9. The molecule has 2 N–H and O–H groups in total. The molecule has 0 aliphatic rings. The topological polar surface area (TPSA) is 70.7 Å². The van der Waals surface area contributed by atoms with Crippen LogP contribution in [0.5, 0.6) is 0 Å². The number of amides is 1. The Hall–Kier alpha value is -1.69. The summed E-state index contributed by atoms with van der Waals surface area (Å²) in [6.07, 6.45) is 2.61.